The zero-order valence-corrected chi connectivity index (χ0v) is 14.3. The predicted octanol–water partition coefficient (Wildman–Crippen LogP) is 2.85. The normalized spacial score (nSPS) is 16.7. The fraction of sp³-hybridized carbons (Fsp3) is 0.353. The van der Waals surface area contributed by atoms with Gasteiger partial charge in [0.2, 0.25) is 5.88 Å². The maximum atomic E-state index is 12.3. The molecule has 1 aliphatic rings. The van der Waals surface area contributed by atoms with E-state index < -0.39 is 5.56 Å². The van der Waals surface area contributed by atoms with Gasteiger partial charge in [-0.15, -0.1) is 0 Å². The van der Waals surface area contributed by atoms with Gasteiger partial charge in [-0.05, 0) is 24.2 Å². The van der Waals surface area contributed by atoms with E-state index in [1.165, 1.54) is 0 Å². The number of nitrogens with one attached hydrogen (secondary N) is 2. The van der Waals surface area contributed by atoms with E-state index in [9.17, 15) is 9.90 Å². The second-order valence-corrected chi connectivity index (χ2v) is 6.20. The summed E-state index contributed by atoms with van der Waals surface area (Å²) in [6.45, 7) is 2.62. The number of aromatic amines is 1. The molecule has 0 fully saturated rings. The minimum atomic E-state index is -0.403. The van der Waals surface area contributed by atoms with Crippen LogP contribution in [0, 0.1) is 4.77 Å². The van der Waals surface area contributed by atoms with E-state index in [2.05, 4.69) is 22.4 Å². The van der Waals surface area contributed by atoms with Crippen LogP contribution in [0.25, 0.3) is 0 Å². The summed E-state index contributed by atoms with van der Waals surface area (Å²) in [5, 5.41) is 14.8. The second-order valence-electron chi connectivity index (χ2n) is 5.82. The van der Waals surface area contributed by atoms with Gasteiger partial charge in [0.05, 0.1) is 11.8 Å². The van der Waals surface area contributed by atoms with Crippen molar-refractivity contribution in [3.63, 3.8) is 0 Å². The van der Waals surface area contributed by atoms with Crippen LogP contribution in [-0.2, 0) is 6.54 Å². The van der Waals surface area contributed by atoms with Crippen molar-refractivity contribution in [1.82, 2.24) is 15.0 Å². The number of unbranched alkanes of at least 4 members (excludes halogenated alkanes) is 1. The fourth-order valence-electron chi connectivity index (χ4n) is 2.82. The molecule has 1 aliphatic heterocycles. The highest BCUT2D eigenvalue weighted by molar-refractivity contribution is 7.71. The van der Waals surface area contributed by atoms with Crippen molar-refractivity contribution in [2.45, 2.75) is 38.8 Å². The lowest BCUT2D eigenvalue weighted by Gasteiger charge is -2.12. The van der Waals surface area contributed by atoms with Crippen molar-refractivity contribution in [3.8, 4) is 5.88 Å². The molecule has 24 heavy (non-hydrogen) atoms. The van der Waals surface area contributed by atoms with Crippen LogP contribution < -0.4 is 11.0 Å². The van der Waals surface area contributed by atoms with Gasteiger partial charge in [-0.3, -0.25) is 14.3 Å². The van der Waals surface area contributed by atoms with E-state index in [0.717, 1.165) is 18.4 Å². The van der Waals surface area contributed by atoms with E-state index in [0.29, 0.717) is 18.7 Å². The van der Waals surface area contributed by atoms with Gasteiger partial charge in [0.1, 0.15) is 5.56 Å². The molecule has 1 aromatic heterocycles. The molecule has 1 aromatic carbocycles. The van der Waals surface area contributed by atoms with Gasteiger partial charge in [0.15, 0.2) is 4.77 Å². The highest BCUT2D eigenvalue weighted by Gasteiger charge is 2.26. The number of hydrogen-bond acceptors (Lipinski definition) is 5. The fourth-order valence-corrected chi connectivity index (χ4v) is 3.09. The lowest BCUT2D eigenvalue weighted by molar-refractivity contribution is 0.398. The molecular weight excluding hydrogens is 324 g/mol. The zero-order chi connectivity index (χ0) is 17.1. The molecule has 0 spiro atoms. The number of H-pyrrole nitrogens is 1. The van der Waals surface area contributed by atoms with Crippen molar-refractivity contribution >= 4 is 17.9 Å². The van der Waals surface area contributed by atoms with Crippen molar-refractivity contribution < 1.29 is 5.11 Å². The van der Waals surface area contributed by atoms with Crippen LogP contribution in [0.3, 0.4) is 0 Å². The molecule has 0 unspecified atom stereocenters. The molecule has 0 radical (unpaired) electrons. The maximum Gasteiger partial charge on any atom is 0.264 e. The van der Waals surface area contributed by atoms with Crippen LogP contribution in [0.4, 0.5) is 0 Å². The Labute approximate surface area is 144 Å². The molecular formula is C17H20N4O2S. The second kappa shape index (κ2) is 7.00. The van der Waals surface area contributed by atoms with Gasteiger partial charge < -0.3 is 10.5 Å². The first-order chi connectivity index (χ1) is 11.6. The van der Waals surface area contributed by atoms with Gasteiger partial charge in [-0.1, -0.05) is 43.7 Å². The summed E-state index contributed by atoms with van der Waals surface area (Å²) in [5.41, 5.74) is 4.47. The van der Waals surface area contributed by atoms with Crippen LogP contribution in [-0.4, -0.2) is 20.4 Å². The van der Waals surface area contributed by atoms with E-state index in [1.807, 2.05) is 30.3 Å². The Morgan fingerprint density at radius 2 is 2.12 bits per heavy atom. The third kappa shape index (κ3) is 3.12. The molecule has 2 heterocycles. The standard InChI is InChI=1S/C17H20N4O2S/c1-2-3-9-21-16(23)14(15(22)18-17(21)24)13-10-12(19-20-13)11-7-5-4-6-8-11/h4-8,12,19,23H,2-3,9-10H2,1H3,(H,18,22,24)/t12-/m0/s1. The Morgan fingerprint density at radius 3 is 2.83 bits per heavy atom. The first kappa shape index (κ1) is 16.4. The summed E-state index contributed by atoms with van der Waals surface area (Å²) in [5.74, 6) is -0.105. The van der Waals surface area contributed by atoms with Crippen LogP contribution in [0.1, 0.15) is 43.4 Å². The van der Waals surface area contributed by atoms with Crippen molar-refractivity contribution in [1.29, 1.82) is 0 Å². The number of aromatic nitrogens is 2. The molecule has 6 nitrogen and oxygen atoms in total. The Balaban J connectivity index is 1.93. The first-order valence-corrected chi connectivity index (χ1v) is 8.46. The quantitative estimate of drug-likeness (QED) is 0.729. The van der Waals surface area contributed by atoms with Gasteiger partial charge in [0, 0.05) is 13.0 Å². The molecule has 126 valence electrons. The van der Waals surface area contributed by atoms with Crippen molar-refractivity contribution in [3.05, 3.63) is 56.6 Å². The number of hydrogen-bond donors (Lipinski definition) is 3. The third-order valence-electron chi connectivity index (χ3n) is 4.15. The minimum Gasteiger partial charge on any atom is -0.494 e. The van der Waals surface area contributed by atoms with Gasteiger partial charge in [0.25, 0.3) is 5.56 Å². The highest BCUT2D eigenvalue weighted by atomic mass is 32.1. The Morgan fingerprint density at radius 1 is 1.38 bits per heavy atom. The predicted molar refractivity (Wildman–Crippen MR) is 95.9 cm³/mol. The number of nitrogens with zero attached hydrogens (tertiary/aromatic N) is 2. The largest absolute Gasteiger partial charge is 0.494 e. The van der Waals surface area contributed by atoms with Crippen LogP contribution in [0.5, 0.6) is 5.88 Å². The van der Waals surface area contributed by atoms with E-state index >= 15 is 0 Å². The Bertz CT molecular complexity index is 870. The van der Waals surface area contributed by atoms with Gasteiger partial charge in [-0.25, -0.2) is 0 Å². The molecule has 2 aromatic rings. The molecule has 0 aliphatic carbocycles. The number of benzene rings is 1. The first-order valence-electron chi connectivity index (χ1n) is 8.05. The minimum absolute atomic E-state index is 0.00716. The molecule has 3 rings (SSSR count). The van der Waals surface area contributed by atoms with Crippen LogP contribution >= 0.6 is 12.2 Å². The number of hydrazone groups is 1. The number of aromatic hydroxyl groups is 1. The van der Waals surface area contributed by atoms with E-state index in [1.54, 1.807) is 4.57 Å². The summed E-state index contributed by atoms with van der Waals surface area (Å²) in [7, 11) is 0. The summed E-state index contributed by atoms with van der Waals surface area (Å²) < 4.78 is 1.80. The summed E-state index contributed by atoms with van der Waals surface area (Å²) in [6.07, 6.45) is 2.37. The summed E-state index contributed by atoms with van der Waals surface area (Å²) in [6, 6.07) is 9.89. The highest BCUT2D eigenvalue weighted by Crippen LogP contribution is 2.26. The molecule has 7 heteroatoms. The van der Waals surface area contributed by atoms with E-state index in [-0.39, 0.29) is 22.3 Å². The van der Waals surface area contributed by atoms with Crippen molar-refractivity contribution in [2.24, 2.45) is 5.10 Å². The van der Waals surface area contributed by atoms with Gasteiger partial charge >= 0.3 is 0 Å². The molecule has 0 bridgehead atoms. The summed E-state index contributed by atoms with van der Waals surface area (Å²) in [4.78, 5) is 15.0. The SMILES string of the molecule is CCCCn1c(O)c(C2=NN[C@H](c3ccccc3)C2)c(=O)[nH]c1=S. The molecule has 3 N–H and O–H groups in total. The Hall–Kier alpha value is -2.41. The topological polar surface area (TPSA) is 82.4 Å². The maximum absolute atomic E-state index is 12.3. The smallest absolute Gasteiger partial charge is 0.264 e. The third-order valence-corrected chi connectivity index (χ3v) is 4.47. The average molecular weight is 344 g/mol. The molecule has 0 saturated carbocycles. The van der Waals surface area contributed by atoms with Crippen molar-refractivity contribution in [2.75, 3.05) is 0 Å². The zero-order valence-electron chi connectivity index (χ0n) is 13.5. The lowest BCUT2D eigenvalue weighted by Crippen LogP contribution is -2.22. The van der Waals surface area contributed by atoms with Gasteiger partial charge in [-0.2, -0.15) is 5.10 Å². The van der Waals surface area contributed by atoms with E-state index in [4.69, 9.17) is 12.2 Å². The molecule has 0 amide bonds. The monoisotopic (exact) mass is 344 g/mol. The lowest BCUT2D eigenvalue weighted by atomic mass is 10.0. The van der Waals surface area contributed by atoms with Crippen LogP contribution in [0.2, 0.25) is 0 Å². The molecule has 0 saturated heterocycles. The number of rotatable bonds is 5. The summed E-state index contributed by atoms with van der Waals surface area (Å²) >= 11 is 5.17. The molecule has 1 atom stereocenters. The average Bonchev–Trinajstić information content (AvgIpc) is 3.05. The Kier molecular flexibility index (Phi) is 4.80. The van der Waals surface area contributed by atoms with Crippen LogP contribution in [0.15, 0.2) is 40.2 Å².